The van der Waals surface area contributed by atoms with Crippen molar-refractivity contribution in [3.63, 3.8) is 0 Å². The molecule has 1 saturated carbocycles. The van der Waals surface area contributed by atoms with Crippen LogP contribution in [0.2, 0.25) is 0 Å². The van der Waals surface area contributed by atoms with Crippen molar-refractivity contribution in [3.8, 4) is 22.6 Å². The molecule has 2 amide bonds. The molecule has 4 heterocycles. The summed E-state index contributed by atoms with van der Waals surface area (Å²) in [5.74, 6) is 0.667. The number of H-pyrrole nitrogens is 1. The van der Waals surface area contributed by atoms with Gasteiger partial charge in [0.25, 0.3) is 11.8 Å². The molecule has 0 bridgehead atoms. The number of carbonyl (C=O) groups is 2. The number of hydrogen-bond donors (Lipinski definition) is 1. The van der Waals surface area contributed by atoms with Gasteiger partial charge in [-0.2, -0.15) is 0 Å². The summed E-state index contributed by atoms with van der Waals surface area (Å²) in [4.78, 5) is 41.8. The molecule has 9 nitrogen and oxygen atoms in total. The van der Waals surface area contributed by atoms with Gasteiger partial charge in [0, 0.05) is 43.8 Å². The Morgan fingerprint density at radius 3 is 2.57 bits per heavy atom. The normalized spacial score (nSPS) is 18.1. The Morgan fingerprint density at radius 1 is 1.16 bits per heavy atom. The number of aromatic amines is 1. The second kappa shape index (κ2) is 8.51. The summed E-state index contributed by atoms with van der Waals surface area (Å²) in [7, 11) is -3.65. The Hall–Kier alpha value is -3.53. The van der Waals surface area contributed by atoms with Gasteiger partial charge in [-0.1, -0.05) is 0 Å². The maximum atomic E-state index is 13.3. The van der Waals surface area contributed by atoms with Crippen molar-refractivity contribution in [2.24, 2.45) is 5.92 Å². The largest absolute Gasteiger partial charge is 0.340 e. The molecule has 192 valence electrons. The number of aryl methyl sites for hydroxylation is 1. The first-order valence-electron chi connectivity index (χ1n) is 12.6. The Morgan fingerprint density at radius 2 is 1.92 bits per heavy atom. The summed E-state index contributed by atoms with van der Waals surface area (Å²) in [6.07, 6.45) is 5.99. The molecule has 37 heavy (non-hydrogen) atoms. The number of rotatable bonds is 6. The van der Waals surface area contributed by atoms with Crippen LogP contribution in [0.1, 0.15) is 58.3 Å². The maximum Gasteiger partial charge on any atom is 0.274 e. The van der Waals surface area contributed by atoms with Gasteiger partial charge < -0.3 is 14.8 Å². The molecule has 1 unspecified atom stereocenters. The first-order valence-corrected chi connectivity index (χ1v) is 14.5. The van der Waals surface area contributed by atoms with E-state index in [1.807, 2.05) is 26.0 Å². The molecule has 1 aliphatic carbocycles. The van der Waals surface area contributed by atoms with Gasteiger partial charge in [0.15, 0.2) is 15.7 Å². The molecular weight excluding hydrogens is 490 g/mol. The van der Waals surface area contributed by atoms with Crippen LogP contribution in [0.5, 0.6) is 0 Å². The Balaban J connectivity index is 1.38. The molecule has 0 radical (unpaired) electrons. The molecule has 2 aliphatic heterocycles. The van der Waals surface area contributed by atoms with Gasteiger partial charge in [-0.3, -0.25) is 14.6 Å². The third-order valence-corrected chi connectivity index (χ3v) is 8.88. The number of pyridine rings is 1. The number of fused-ring (bicyclic) bond motifs is 1. The third kappa shape index (κ3) is 4.13. The van der Waals surface area contributed by atoms with E-state index in [1.54, 1.807) is 28.1 Å². The number of nitrogens with zero attached hydrogens (tertiary/aromatic N) is 4. The van der Waals surface area contributed by atoms with Crippen LogP contribution in [0.25, 0.3) is 22.6 Å². The van der Waals surface area contributed by atoms with Crippen molar-refractivity contribution >= 4 is 21.7 Å². The van der Waals surface area contributed by atoms with Gasteiger partial charge in [-0.25, -0.2) is 13.4 Å². The van der Waals surface area contributed by atoms with Gasteiger partial charge in [-0.15, -0.1) is 0 Å². The van der Waals surface area contributed by atoms with Gasteiger partial charge >= 0.3 is 0 Å². The zero-order valence-corrected chi connectivity index (χ0v) is 21.9. The second-order valence-corrected chi connectivity index (χ2v) is 12.4. The zero-order valence-electron chi connectivity index (χ0n) is 21.1. The number of hydrogen-bond acceptors (Lipinski definition) is 6. The average molecular weight is 520 g/mol. The molecule has 1 atom stereocenters. The Kier molecular flexibility index (Phi) is 5.48. The lowest BCUT2D eigenvalue weighted by molar-refractivity contribution is 0.0644. The lowest BCUT2D eigenvalue weighted by Gasteiger charge is -2.30. The van der Waals surface area contributed by atoms with Crippen molar-refractivity contribution < 1.29 is 18.0 Å². The molecule has 2 fully saturated rings. The van der Waals surface area contributed by atoms with E-state index in [9.17, 15) is 18.0 Å². The monoisotopic (exact) mass is 519 g/mol. The highest BCUT2D eigenvalue weighted by molar-refractivity contribution is 7.90. The van der Waals surface area contributed by atoms with E-state index < -0.39 is 9.84 Å². The first kappa shape index (κ1) is 23.8. The molecular formula is C27H29N5O4S. The molecule has 3 aromatic rings. The summed E-state index contributed by atoms with van der Waals surface area (Å²) in [6, 6.07) is 7.21. The minimum Gasteiger partial charge on any atom is -0.340 e. The van der Waals surface area contributed by atoms with E-state index in [-0.39, 0.29) is 22.8 Å². The van der Waals surface area contributed by atoms with E-state index in [4.69, 9.17) is 0 Å². The molecule has 1 saturated heterocycles. The van der Waals surface area contributed by atoms with Crippen LogP contribution in [-0.2, 0) is 16.4 Å². The molecule has 10 heteroatoms. The minimum atomic E-state index is -3.65. The fourth-order valence-corrected chi connectivity index (χ4v) is 6.19. The van der Waals surface area contributed by atoms with Crippen LogP contribution in [0.15, 0.2) is 35.4 Å². The van der Waals surface area contributed by atoms with Crippen molar-refractivity contribution in [3.05, 3.63) is 53.0 Å². The highest BCUT2D eigenvalue weighted by atomic mass is 32.2. The average Bonchev–Trinajstić information content (AvgIpc) is 3.53. The molecule has 0 spiro atoms. The number of amides is 2. The van der Waals surface area contributed by atoms with Crippen molar-refractivity contribution in [1.29, 1.82) is 0 Å². The van der Waals surface area contributed by atoms with Crippen LogP contribution >= 0.6 is 0 Å². The van der Waals surface area contributed by atoms with Crippen molar-refractivity contribution in [2.45, 2.75) is 50.6 Å². The maximum absolute atomic E-state index is 13.3. The smallest absolute Gasteiger partial charge is 0.274 e. The van der Waals surface area contributed by atoms with Gasteiger partial charge in [0.1, 0.15) is 11.4 Å². The standard InChI is InChI=1S/C27H29N5O4S/c1-15-24(27(34)31-9-4-10-31)30-25(29-15)21-12-18(7-8-28-21)19-11-20-14-32(16(2)17-5-6-17)26(33)23(20)22(13-19)37(3,35)36/h7-8,11-13,16-17H,4-6,9-10,14H2,1-3H3,(H,29,30). The summed E-state index contributed by atoms with van der Waals surface area (Å²) in [6.45, 7) is 5.75. The van der Waals surface area contributed by atoms with Crippen LogP contribution in [0, 0.1) is 12.8 Å². The van der Waals surface area contributed by atoms with E-state index in [1.165, 1.54) is 0 Å². The number of nitrogens with one attached hydrogen (secondary N) is 1. The first-order chi connectivity index (χ1) is 17.6. The van der Waals surface area contributed by atoms with Crippen LogP contribution in [0.4, 0.5) is 0 Å². The van der Waals surface area contributed by atoms with E-state index in [0.717, 1.165) is 49.7 Å². The number of aromatic nitrogens is 3. The number of likely N-dealkylation sites (tertiary alicyclic amines) is 1. The van der Waals surface area contributed by atoms with E-state index in [2.05, 4.69) is 15.0 Å². The lowest BCUT2D eigenvalue weighted by Crippen LogP contribution is -2.42. The molecule has 1 aromatic carbocycles. The van der Waals surface area contributed by atoms with E-state index >= 15 is 0 Å². The SMILES string of the molecule is Cc1[nH]c(-c2cc(-c3cc4c(c(S(C)(=O)=O)c3)C(=O)N(C(C)C3CC3)C4)ccn2)nc1C(=O)N1CCC1. The predicted molar refractivity (Wildman–Crippen MR) is 138 cm³/mol. The van der Waals surface area contributed by atoms with E-state index in [0.29, 0.717) is 46.5 Å². The molecule has 3 aliphatic rings. The van der Waals surface area contributed by atoms with Crippen LogP contribution in [-0.4, -0.2) is 70.4 Å². The minimum absolute atomic E-state index is 0.0603. The van der Waals surface area contributed by atoms with Gasteiger partial charge in [0.05, 0.1) is 10.5 Å². The Bertz CT molecular complexity index is 1550. The summed E-state index contributed by atoms with van der Waals surface area (Å²) < 4.78 is 25.6. The molecule has 6 rings (SSSR count). The Labute approximate surface area is 215 Å². The quantitative estimate of drug-likeness (QED) is 0.533. The van der Waals surface area contributed by atoms with Gasteiger partial charge in [0.2, 0.25) is 0 Å². The second-order valence-electron chi connectivity index (χ2n) is 10.4. The van der Waals surface area contributed by atoms with Crippen molar-refractivity contribution in [1.82, 2.24) is 24.8 Å². The third-order valence-electron chi connectivity index (χ3n) is 7.76. The summed E-state index contributed by atoms with van der Waals surface area (Å²) >= 11 is 0. The summed E-state index contributed by atoms with van der Waals surface area (Å²) in [5, 5.41) is 0. The molecule has 2 aromatic heterocycles. The van der Waals surface area contributed by atoms with Crippen LogP contribution in [0.3, 0.4) is 0 Å². The fraction of sp³-hybridized carbons (Fsp3) is 0.407. The lowest BCUT2D eigenvalue weighted by atomic mass is 10.0. The topological polar surface area (TPSA) is 116 Å². The highest BCUT2D eigenvalue weighted by Gasteiger charge is 2.41. The number of carbonyl (C=O) groups excluding carboxylic acids is 2. The number of benzene rings is 1. The van der Waals surface area contributed by atoms with Crippen LogP contribution < -0.4 is 0 Å². The predicted octanol–water partition coefficient (Wildman–Crippen LogP) is 3.45. The number of sulfone groups is 1. The highest BCUT2D eigenvalue weighted by Crippen LogP contribution is 2.41. The summed E-state index contributed by atoms with van der Waals surface area (Å²) in [5.41, 5.74) is 4.08. The van der Waals surface area contributed by atoms with Crippen molar-refractivity contribution in [2.75, 3.05) is 19.3 Å². The van der Waals surface area contributed by atoms with Gasteiger partial charge in [-0.05, 0) is 80.0 Å². The number of imidazole rings is 1. The zero-order chi connectivity index (χ0) is 26.1. The molecule has 1 N–H and O–H groups in total. The fourth-order valence-electron chi connectivity index (χ4n) is 5.26.